The molecule has 80 valence electrons. The van der Waals surface area contributed by atoms with Crippen LogP contribution in [0.3, 0.4) is 0 Å². The maximum Gasteiger partial charge on any atom is 0.0933 e. The standard InChI is InChI=1S/C13H17NO/c1-11-6-5-9-13(11)14-15-10-12-7-3-2-4-8-12/h2-4,7-8,13-14H,1,5-6,9-10H2. The lowest BCUT2D eigenvalue weighted by atomic mass is 10.2. The minimum absolute atomic E-state index is 0.355. The molecule has 0 bridgehead atoms. The van der Waals surface area contributed by atoms with Gasteiger partial charge >= 0.3 is 0 Å². The Morgan fingerprint density at radius 3 is 2.80 bits per heavy atom. The first-order valence-corrected chi connectivity index (χ1v) is 5.45. The van der Waals surface area contributed by atoms with Crippen LogP contribution in [0.2, 0.25) is 0 Å². The van der Waals surface area contributed by atoms with E-state index in [4.69, 9.17) is 4.84 Å². The molecule has 0 heterocycles. The zero-order valence-corrected chi connectivity index (χ0v) is 8.91. The molecule has 1 N–H and O–H groups in total. The van der Waals surface area contributed by atoms with Crippen molar-refractivity contribution < 1.29 is 4.84 Å². The highest BCUT2D eigenvalue weighted by Crippen LogP contribution is 2.22. The van der Waals surface area contributed by atoms with Gasteiger partial charge in [0.05, 0.1) is 12.6 Å². The molecule has 2 heteroatoms. The quantitative estimate of drug-likeness (QED) is 0.600. The van der Waals surface area contributed by atoms with Gasteiger partial charge in [-0.2, -0.15) is 5.48 Å². The Balaban J connectivity index is 1.73. The average molecular weight is 203 g/mol. The van der Waals surface area contributed by atoms with E-state index in [1.54, 1.807) is 0 Å². The summed E-state index contributed by atoms with van der Waals surface area (Å²) in [6.45, 7) is 4.63. The van der Waals surface area contributed by atoms with Gasteiger partial charge in [0.25, 0.3) is 0 Å². The SMILES string of the molecule is C=C1CCCC1NOCc1ccccc1. The van der Waals surface area contributed by atoms with Crippen molar-refractivity contribution in [3.8, 4) is 0 Å². The number of rotatable bonds is 4. The molecule has 0 spiro atoms. The van der Waals surface area contributed by atoms with Gasteiger partial charge in [0.1, 0.15) is 0 Å². The van der Waals surface area contributed by atoms with Gasteiger partial charge in [0.15, 0.2) is 0 Å². The van der Waals surface area contributed by atoms with Gasteiger partial charge in [-0.05, 0) is 24.8 Å². The molecule has 1 fully saturated rings. The van der Waals surface area contributed by atoms with Gasteiger partial charge in [0, 0.05) is 0 Å². The summed E-state index contributed by atoms with van der Waals surface area (Å²) in [6.07, 6.45) is 3.51. The molecular formula is C13H17NO. The molecule has 1 atom stereocenters. The average Bonchev–Trinajstić information content (AvgIpc) is 2.66. The third-order valence-corrected chi connectivity index (χ3v) is 2.79. The predicted octanol–water partition coefficient (Wildman–Crippen LogP) is 2.82. The number of hydrogen-bond acceptors (Lipinski definition) is 2. The zero-order chi connectivity index (χ0) is 10.5. The number of hydroxylamine groups is 1. The summed E-state index contributed by atoms with van der Waals surface area (Å²) in [4.78, 5) is 5.46. The van der Waals surface area contributed by atoms with E-state index in [1.807, 2.05) is 18.2 Å². The van der Waals surface area contributed by atoms with E-state index in [2.05, 4.69) is 24.2 Å². The first-order valence-electron chi connectivity index (χ1n) is 5.45. The van der Waals surface area contributed by atoms with Crippen LogP contribution in [0.4, 0.5) is 0 Å². The van der Waals surface area contributed by atoms with Gasteiger partial charge in [-0.25, -0.2) is 0 Å². The van der Waals surface area contributed by atoms with Crippen LogP contribution in [0.15, 0.2) is 42.5 Å². The highest BCUT2D eigenvalue weighted by molar-refractivity contribution is 5.13. The maximum atomic E-state index is 5.46. The van der Waals surface area contributed by atoms with Crippen LogP contribution in [0.1, 0.15) is 24.8 Å². The molecule has 0 aromatic heterocycles. The summed E-state index contributed by atoms with van der Waals surface area (Å²) in [5, 5.41) is 0. The van der Waals surface area contributed by atoms with Crippen molar-refractivity contribution in [2.75, 3.05) is 0 Å². The number of hydrogen-bond donors (Lipinski definition) is 1. The Bertz CT molecular complexity index is 321. The summed E-state index contributed by atoms with van der Waals surface area (Å²) in [5.41, 5.74) is 5.54. The highest BCUT2D eigenvalue weighted by Gasteiger charge is 2.18. The first-order chi connectivity index (χ1) is 7.36. The van der Waals surface area contributed by atoms with Gasteiger partial charge < -0.3 is 0 Å². The Morgan fingerprint density at radius 2 is 2.13 bits per heavy atom. The molecular weight excluding hydrogens is 186 g/mol. The second kappa shape index (κ2) is 5.10. The van der Waals surface area contributed by atoms with E-state index >= 15 is 0 Å². The number of nitrogens with one attached hydrogen (secondary N) is 1. The molecule has 0 radical (unpaired) electrons. The lowest BCUT2D eigenvalue weighted by Crippen LogP contribution is -2.27. The molecule has 1 unspecified atom stereocenters. The summed E-state index contributed by atoms with van der Waals surface area (Å²) >= 11 is 0. The molecule has 0 saturated heterocycles. The van der Waals surface area contributed by atoms with E-state index in [9.17, 15) is 0 Å². The van der Waals surface area contributed by atoms with Crippen molar-refractivity contribution >= 4 is 0 Å². The molecule has 2 nitrogen and oxygen atoms in total. The van der Waals surface area contributed by atoms with Crippen LogP contribution in [0.25, 0.3) is 0 Å². The van der Waals surface area contributed by atoms with Crippen molar-refractivity contribution in [3.63, 3.8) is 0 Å². The molecule has 0 amide bonds. The lowest BCUT2D eigenvalue weighted by molar-refractivity contribution is 0.0126. The smallest absolute Gasteiger partial charge is 0.0933 e. The largest absolute Gasteiger partial charge is 0.296 e. The van der Waals surface area contributed by atoms with E-state index in [0.29, 0.717) is 12.6 Å². The summed E-state index contributed by atoms with van der Waals surface area (Å²) < 4.78 is 0. The second-order valence-electron chi connectivity index (χ2n) is 4.00. The first kappa shape index (κ1) is 10.4. The third-order valence-electron chi connectivity index (χ3n) is 2.79. The maximum absolute atomic E-state index is 5.46. The van der Waals surface area contributed by atoms with Crippen LogP contribution in [0.5, 0.6) is 0 Å². The fourth-order valence-electron chi connectivity index (χ4n) is 1.85. The second-order valence-corrected chi connectivity index (χ2v) is 4.00. The van der Waals surface area contributed by atoms with Gasteiger partial charge in [-0.3, -0.25) is 4.84 Å². The van der Waals surface area contributed by atoms with Gasteiger partial charge in [-0.15, -0.1) is 0 Å². The predicted molar refractivity (Wildman–Crippen MR) is 61.1 cm³/mol. The monoisotopic (exact) mass is 203 g/mol. The molecule has 1 saturated carbocycles. The fraction of sp³-hybridized carbons (Fsp3) is 0.385. The van der Waals surface area contributed by atoms with Crippen LogP contribution < -0.4 is 5.48 Å². The summed E-state index contributed by atoms with van der Waals surface area (Å²) in [6, 6.07) is 10.5. The molecule has 15 heavy (non-hydrogen) atoms. The van der Waals surface area contributed by atoms with Crippen LogP contribution in [0, 0.1) is 0 Å². The highest BCUT2D eigenvalue weighted by atomic mass is 16.6. The van der Waals surface area contributed by atoms with Crippen molar-refractivity contribution in [1.82, 2.24) is 5.48 Å². The van der Waals surface area contributed by atoms with Crippen LogP contribution in [-0.2, 0) is 11.4 Å². The Morgan fingerprint density at radius 1 is 1.33 bits per heavy atom. The van der Waals surface area contributed by atoms with E-state index in [1.165, 1.54) is 17.6 Å². The van der Waals surface area contributed by atoms with Crippen molar-refractivity contribution in [2.45, 2.75) is 31.9 Å². The lowest BCUT2D eigenvalue weighted by Gasteiger charge is -2.13. The van der Waals surface area contributed by atoms with E-state index in [-0.39, 0.29) is 0 Å². The van der Waals surface area contributed by atoms with Crippen molar-refractivity contribution in [1.29, 1.82) is 0 Å². The summed E-state index contributed by atoms with van der Waals surface area (Å²) in [5.74, 6) is 0. The van der Waals surface area contributed by atoms with Gasteiger partial charge in [-0.1, -0.05) is 42.5 Å². The Kier molecular flexibility index (Phi) is 3.54. The molecule has 1 aromatic rings. The molecule has 0 aliphatic heterocycles. The minimum Gasteiger partial charge on any atom is -0.296 e. The molecule has 1 aliphatic carbocycles. The normalized spacial score (nSPS) is 20.8. The molecule has 2 rings (SSSR count). The minimum atomic E-state index is 0.355. The zero-order valence-electron chi connectivity index (χ0n) is 8.91. The Hall–Kier alpha value is -1.12. The fourth-order valence-corrected chi connectivity index (χ4v) is 1.85. The van der Waals surface area contributed by atoms with E-state index < -0.39 is 0 Å². The van der Waals surface area contributed by atoms with Gasteiger partial charge in [0.2, 0.25) is 0 Å². The van der Waals surface area contributed by atoms with Crippen molar-refractivity contribution in [2.24, 2.45) is 0 Å². The number of benzene rings is 1. The van der Waals surface area contributed by atoms with Crippen LogP contribution >= 0.6 is 0 Å². The Labute approximate surface area is 90.9 Å². The molecule has 1 aromatic carbocycles. The summed E-state index contributed by atoms with van der Waals surface area (Å²) in [7, 11) is 0. The van der Waals surface area contributed by atoms with Crippen LogP contribution in [-0.4, -0.2) is 6.04 Å². The van der Waals surface area contributed by atoms with Crippen molar-refractivity contribution in [3.05, 3.63) is 48.0 Å². The topological polar surface area (TPSA) is 21.3 Å². The molecule has 1 aliphatic rings. The van der Waals surface area contributed by atoms with E-state index in [0.717, 1.165) is 12.8 Å². The third kappa shape index (κ3) is 2.91.